The molecule has 0 saturated carbocycles. The summed E-state index contributed by atoms with van der Waals surface area (Å²) >= 11 is 0. The highest BCUT2D eigenvalue weighted by atomic mass is 16.6. The van der Waals surface area contributed by atoms with E-state index in [1.807, 2.05) is 6.92 Å². The van der Waals surface area contributed by atoms with Gasteiger partial charge in [0.1, 0.15) is 5.69 Å². The summed E-state index contributed by atoms with van der Waals surface area (Å²) in [5.74, 6) is 5.19. The molecule has 0 bridgehead atoms. The molecule has 0 radical (unpaired) electrons. The number of nitrogens with zero attached hydrogens (tertiary/aromatic N) is 2. The molecule has 1 saturated heterocycles. The van der Waals surface area contributed by atoms with Crippen molar-refractivity contribution in [3.8, 4) is 0 Å². The standard InChI is InChI=1S/C14H20N4O3/c1-10-6-3-2-4-9-17(10)14(19)11-7-5-8-12(18(20)21)13(11)16-15/h5,7-8,10,16H,2-4,6,9,15H2,1H3. The normalized spacial score (nSPS) is 19.0. The molecule has 0 aliphatic carbocycles. The first-order valence-corrected chi connectivity index (χ1v) is 7.11. The quantitative estimate of drug-likeness (QED) is 0.505. The van der Waals surface area contributed by atoms with Gasteiger partial charge < -0.3 is 10.3 Å². The fraction of sp³-hybridized carbons (Fsp3) is 0.500. The molecule has 1 amide bonds. The van der Waals surface area contributed by atoms with Gasteiger partial charge in [-0.15, -0.1) is 0 Å². The Hall–Kier alpha value is -2.15. The van der Waals surface area contributed by atoms with Crippen LogP contribution >= 0.6 is 0 Å². The van der Waals surface area contributed by atoms with Crippen LogP contribution in [0.2, 0.25) is 0 Å². The highest BCUT2D eigenvalue weighted by molar-refractivity contribution is 6.01. The summed E-state index contributed by atoms with van der Waals surface area (Å²) in [6.45, 7) is 2.68. The van der Waals surface area contributed by atoms with E-state index in [0.29, 0.717) is 6.54 Å². The van der Waals surface area contributed by atoms with E-state index in [9.17, 15) is 14.9 Å². The molecule has 1 aliphatic rings. The van der Waals surface area contributed by atoms with Gasteiger partial charge in [-0.2, -0.15) is 0 Å². The Morgan fingerprint density at radius 3 is 2.86 bits per heavy atom. The van der Waals surface area contributed by atoms with Gasteiger partial charge in [-0.1, -0.05) is 18.9 Å². The molecule has 7 heteroatoms. The minimum absolute atomic E-state index is 0.0731. The predicted molar refractivity (Wildman–Crippen MR) is 79.9 cm³/mol. The first kappa shape index (κ1) is 15.2. The number of hydrazine groups is 1. The number of hydrogen-bond donors (Lipinski definition) is 2. The highest BCUT2D eigenvalue weighted by Crippen LogP contribution is 2.29. The van der Waals surface area contributed by atoms with Crippen LogP contribution in [0.4, 0.5) is 11.4 Å². The van der Waals surface area contributed by atoms with Gasteiger partial charge in [0.2, 0.25) is 0 Å². The minimum atomic E-state index is -0.544. The Balaban J connectivity index is 2.38. The number of nitro benzene ring substituents is 1. The van der Waals surface area contributed by atoms with Crippen LogP contribution < -0.4 is 11.3 Å². The number of amides is 1. The average Bonchev–Trinajstić information content (AvgIpc) is 2.70. The molecule has 3 N–H and O–H groups in total. The molecule has 114 valence electrons. The molecule has 1 aromatic carbocycles. The second kappa shape index (κ2) is 6.53. The fourth-order valence-electron chi connectivity index (χ4n) is 2.75. The lowest BCUT2D eigenvalue weighted by molar-refractivity contribution is -0.384. The molecule has 0 spiro atoms. The zero-order chi connectivity index (χ0) is 15.4. The molecule has 2 rings (SSSR count). The Bertz CT molecular complexity index is 547. The lowest BCUT2D eigenvalue weighted by Crippen LogP contribution is -2.38. The minimum Gasteiger partial charge on any atom is -0.336 e. The summed E-state index contributed by atoms with van der Waals surface area (Å²) in [4.78, 5) is 25.0. The van der Waals surface area contributed by atoms with E-state index < -0.39 is 4.92 Å². The van der Waals surface area contributed by atoms with Crippen molar-refractivity contribution in [3.63, 3.8) is 0 Å². The van der Waals surface area contributed by atoms with Crippen LogP contribution in [0.5, 0.6) is 0 Å². The number of rotatable bonds is 3. The van der Waals surface area contributed by atoms with Gasteiger partial charge in [-0.25, -0.2) is 0 Å². The summed E-state index contributed by atoms with van der Waals surface area (Å²) < 4.78 is 0. The van der Waals surface area contributed by atoms with E-state index in [-0.39, 0.29) is 28.9 Å². The first-order chi connectivity index (χ1) is 10.1. The average molecular weight is 292 g/mol. The van der Waals surface area contributed by atoms with Gasteiger partial charge in [0, 0.05) is 18.7 Å². The molecule has 1 aliphatic heterocycles. The molecule has 1 heterocycles. The first-order valence-electron chi connectivity index (χ1n) is 7.11. The van der Waals surface area contributed by atoms with Crippen LogP contribution in [0.25, 0.3) is 0 Å². The maximum absolute atomic E-state index is 12.7. The smallest absolute Gasteiger partial charge is 0.294 e. The van der Waals surface area contributed by atoms with Crippen molar-refractivity contribution in [2.75, 3.05) is 12.0 Å². The van der Waals surface area contributed by atoms with Crippen molar-refractivity contribution < 1.29 is 9.72 Å². The van der Waals surface area contributed by atoms with E-state index in [1.165, 1.54) is 12.1 Å². The predicted octanol–water partition coefficient (Wildman–Crippen LogP) is 2.29. The number of nitrogens with one attached hydrogen (secondary N) is 1. The van der Waals surface area contributed by atoms with E-state index >= 15 is 0 Å². The number of nitro groups is 1. The van der Waals surface area contributed by atoms with Gasteiger partial charge >= 0.3 is 0 Å². The van der Waals surface area contributed by atoms with E-state index in [4.69, 9.17) is 5.84 Å². The van der Waals surface area contributed by atoms with E-state index in [1.54, 1.807) is 11.0 Å². The Kier molecular flexibility index (Phi) is 4.74. The second-order valence-corrected chi connectivity index (χ2v) is 5.30. The molecule has 0 aromatic heterocycles. The summed E-state index contributed by atoms with van der Waals surface area (Å²) in [7, 11) is 0. The largest absolute Gasteiger partial charge is 0.336 e. The van der Waals surface area contributed by atoms with Crippen molar-refractivity contribution >= 4 is 17.3 Å². The number of nitrogen functional groups attached to an aromatic ring is 1. The molecule has 1 aromatic rings. The van der Waals surface area contributed by atoms with Crippen molar-refractivity contribution in [3.05, 3.63) is 33.9 Å². The topological polar surface area (TPSA) is 102 Å². The van der Waals surface area contributed by atoms with Crippen molar-refractivity contribution in [2.24, 2.45) is 5.84 Å². The Morgan fingerprint density at radius 1 is 1.43 bits per heavy atom. The molecule has 21 heavy (non-hydrogen) atoms. The SMILES string of the molecule is CC1CCCCCN1C(=O)c1cccc([N+](=O)[O-])c1NN. The number of anilines is 1. The third-order valence-electron chi connectivity index (χ3n) is 3.93. The van der Waals surface area contributed by atoms with Crippen molar-refractivity contribution in [1.29, 1.82) is 0 Å². The van der Waals surface area contributed by atoms with Crippen molar-refractivity contribution in [2.45, 2.75) is 38.6 Å². The van der Waals surface area contributed by atoms with E-state index in [2.05, 4.69) is 5.43 Å². The monoisotopic (exact) mass is 292 g/mol. The summed E-state index contributed by atoms with van der Waals surface area (Å²) in [5, 5.41) is 11.0. The lowest BCUT2D eigenvalue weighted by Gasteiger charge is -2.27. The summed E-state index contributed by atoms with van der Waals surface area (Å²) in [6.07, 6.45) is 4.11. The number of hydrogen-bond acceptors (Lipinski definition) is 5. The van der Waals surface area contributed by atoms with Crippen LogP contribution in [0, 0.1) is 10.1 Å². The van der Waals surface area contributed by atoms with Gasteiger partial charge in [0.25, 0.3) is 11.6 Å². The number of nitrogens with two attached hydrogens (primary N) is 1. The van der Waals surface area contributed by atoms with Crippen LogP contribution in [0.3, 0.4) is 0 Å². The fourth-order valence-corrected chi connectivity index (χ4v) is 2.75. The highest BCUT2D eigenvalue weighted by Gasteiger charge is 2.27. The third-order valence-corrected chi connectivity index (χ3v) is 3.93. The molecule has 1 unspecified atom stereocenters. The molecule has 7 nitrogen and oxygen atoms in total. The van der Waals surface area contributed by atoms with Crippen molar-refractivity contribution in [1.82, 2.24) is 4.90 Å². The maximum atomic E-state index is 12.7. The third kappa shape index (κ3) is 3.13. The summed E-state index contributed by atoms with van der Waals surface area (Å²) in [5.41, 5.74) is 2.44. The van der Waals surface area contributed by atoms with Gasteiger partial charge in [0.15, 0.2) is 0 Å². The lowest BCUT2D eigenvalue weighted by atomic mass is 10.1. The van der Waals surface area contributed by atoms with Crippen LogP contribution in [0.15, 0.2) is 18.2 Å². The molecular weight excluding hydrogens is 272 g/mol. The molecule has 1 atom stereocenters. The number of carbonyl (C=O) groups excluding carboxylic acids is 1. The Labute approximate surface area is 123 Å². The van der Waals surface area contributed by atoms with E-state index in [0.717, 1.165) is 25.7 Å². The number of para-hydroxylation sites is 1. The maximum Gasteiger partial charge on any atom is 0.294 e. The van der Waals surface area contributed by atoms with Crippen LogP contribution in [-0.2, 0) is 0 Å². The van der Waals surface area contributed by atoms with Gasteiger partial charge in [-0.05, 0) is 25.8 Å². The van der Waals surface area contributed by atoms with Gasteiger partial charge in [-0.3, -0.25) is 20.8 Å². The second-order valence-electron chi connectivity index (χ2n) is 5.30. The zero-order valence-corrected chi connectivity index (χ0v) is 12.0. The van der Waals surface area contributed by atoms with Crippen LogP contribution in [0.1, 0.15) is 43.0 Å². The summed E-state index contributed by atoms with van der Waals surface area (Å²) in [6, 6.07) is 4.54. The molecular formula is C14H20N4O3. The van der Waals surface area contributed by atoms with Gasteiger partial charge in [0.05, 0.1) is 10.5 Å². The number of benzene rings is 1. The molecule has 1 fully saturated rings. The number of likely N-dealkylation sites (tertiary alicyclic amines) is 1. The zero-order valence-electron chi connectivity index (χ0n) is 12.0. The number of carbonyl (C=O) groups is 1. The Morgan fingerprint density at radius 2 is 2.19 bits per heavy atom. The van der Waals surface area contributed by atoms with Crippen LogP contribution in [-0.4, -0.2) is 28.3 Å².